The fraction of sp³-hybridized carbons (Fsp3) is 0.900. The molecule has 1 fully saturated rings. The summed E-state index contributed by atoms with van der Waals surface area (Å²) in [5.41, 5.74) is 5.52. The third-order valence-corrected chi connectivity index (χ3v) is 2.59. The molecule has 0 aromatic heterocycles. The standard InChI is InChI=1S/C10H21N3O/c1-8-5-10(12-9(2)14)7-13(6-8)4-3-11/h8,10H,3-7,11H2,1-2H3,(H,12,14). The van der Waals surface area contributed by atoms with E-state index in [9.17, 15) is 4.79 Å². The van der Waals surface area contributed by atoms with E-state index in [4.69, 9.17) is 5.73 Å². The van der Waals surface area contributed by atoms with Crippen molar-refractivity contribution >= 4 is 5.91 Å². The van der Waals surface area contributed by atoms with Gasteiger partial charge in [0.2, 0.25) is 5.91 Å². The molecule has 2 atom stereocenters. The first-order chi connectivity index (χ1) is 6.61. The summed E-state index contributed by atoms with van der Waals surface area (Å²) in [4.78, 5) is 13.3. The van der Waals surface area contributed by atoms with Gasteiger partial charge in [-0.3, -0.25) is 9.69 Å². The van der Waals surface area contributed by atoms with Gasteiger partial charge in [0.1, 0.15) is 0 Å². The fourth-order valence-corrected chi connectivity index (χ4v) is 2.22. The molecular formula is C10H21N3O. The Morgan fingerprint density at radius 2 is 2.29 bits per heavy atom. The highest BCUT2D eigenvalue weighted by atomic mass is 16.1. The van der Waals surface area contributed by atoms with Crippen molar-refractivity contribution in [1.82, 2.24) is 10.2 Å². The van der Waals surface area contributed by atoms with Crippen molar-refractivity contribution in [1.29, 1.82) is 0 Å². The number of piperidine rings is 1. The van der Waals surface area contributed by atoms with Crippen molar-refractivity contribution in [2.75, 3.05) is 26.2 Å². The minimum absolute atomic E-state index is 0.0665. The van der Waals surface area contributed by atoms with Crippen LogP contribution in [0.4, 0.5) is 0 Å². The van der Waals surface area contributed by atoms with Crippen LogP contribution in [0.15, 0.2) is 0 Å². The Kier molecular flexibility index (Phi) is 4.35. The zero-order valence-corrected chi connectivity index (χ0v) is 9.12. The Morgan fingerprint density at radius 1 is 1.57 bits per heavy atom. The Labute approximate surface area is 85.8 Å². The smallest absolute Gasteiger partial charge is 0.217 e. The number of nitrogens with two attached hydrogens (primary N) is 1. The number of amides is 1. The Hall–Kier alpha value is -0.610. The molecule has 0 radical (unpaired) electrons. The second-order valence-electron chi connectivity index (χ2n) is 4.29. The predicted octanol–water partition coefficient (Wildman–Crippen LogP) is -0.208. The van der Waals surface area contributed by atoms with E-state index in [1.807, 2.05) is 0 Å². The summed E-state index contributed by atoms with van der Waals surface area (Å²) >= 11 is 0. The Morgan fingerprint density at radius 3 is 2.86 bits per heavy atom. The third-order valence-electron chi connectivity index (χ3n) is 2.59. The second kappa shape index (κ2) is 5.32. The molecule has 0 bridgehead atoms. The van der Waals surface area contributed by atoms with Gasteiger partial charge in [0, 0.05) is 39.1 Å². The van der Waals surface area contributed by atoms with Crippen molar-refractivity contribution in [3.8, 4) is 0 Å². The van der Waals surface area contributed by atoms with Crippen LogP contribution in [0.25, 0.3) is 0 Å². The van der Waals surface area contributed by atoms with Crippen molar-refractivity contribution in [2.24, 2.45) is 11.7 Å². The summed E-state index contributed by atoms with van der Waals surface area (Å²) in [5.74, 6) is 0.712. The fourth-order valence-electron chi connectivity index (χ4n) is 2.22. The van der Waals surface area contributed by atoms with Gasteiger partial charge < -0.3 is 11.1 Å². The summed E-state index contributed by atoms with van der Waals surface area (Å²) in [6, 6.07) is 0.308. The summed E-state index contributed by atoms with van der Waals surface area (Å²) < 4.78 is 0. The normalized spacial score (nSPS) is 28.8. The van der Waals surface area contributed by atoms with Gasteiger partial charge in [-0.1, -0.05) is 6.92 Å². The molecule has 2 unspecified atom stereocenters. The number of rotatable bonds is 3. The first kappa shape index (κ1) is 11.5. The second-order valence-corrected chi connectivity index (χ2v) is 4.29. The van der Waals surface area contributed by atoms with Gasteiger partial charge in [0.05, 0.1) is 0 Å². The van der Waals surface area contributed by atoms with Gasteiger partial charge in [-0.15, -0.1) is 0 Å². The van der Waals surface area contributed by atoms with E-state index in [1.54, 1.807) is 6.92 Å². The van der Waals surface area contributed by atoms with Crippen LogP contribution < -0.4 is 11.1 Å². The molecule has 0 spiro atoms. The lowest BCUT2D eigenvalue weighted by molar-refractivity contribution is -0.120. The van der Waals surface area contributed by atoms with Gasteiger partial charge in [0.25, 0.3) is 0 Å². The largest absolute Gasteiger partial charge is 0.352 e. The molecule has 3 N–H and O–H groups in total. The maximum Gasteiger partial charge on any atom is 0.217 e. The van der Waals surface area contributed by atoms with E-state index in [-0.39, 0.29) is 5.91 Å². The van der Waals surface area contributed by atoms with Crippen LogP contribution in [0.3, 0.4) is 0 Å². The van der Waals surface area contributed by atoms with Gasteiger partial charge in [0.15, 0.2) is 0 Å². The molecule has 1 rings (SSSR count). The molecule has 0 aliphatic carbocycles. The maximum absolute atomic E-state index is 10.9. The lowest BCUT2D eigenvalue weighted by atomic mass is 9.96. The molecule has 0 saturated carbocycles. The lowest BCUT2D eigenvalue weighted by Crippen LogP contribution is -2.50. The number of hydrogen-bond acceptors (Lipinski definition) is 3. The summed E-state index contributed by atoms with van der Waals surface area (Å²) in [6.45, 7) is 7.47. The SMILES string of the molecule is CC(=O)NC1CC(C)CN(CCN)C1. The van der Waals surface area contributed by atoms with Crippen molar-refractivity contribution in [3.63, 3.8) is 0 Å². The summed E-state index contributed by atoms with van der Waals surface area (Å²) in [6.07, 6.45) is 1.08. The number of likely N-dealkylation sites (tertiary alicyclic amines) is 1. The van der Waals surface area contributed by atoms with E-state index in [2.05, 4.69) is 17.1 Å². The van der Waals surface area contributed by atoms with Gasteiger partial charge in [-0.25, -0.2) is 0 Å². The highest BCUT2D eigenvalue weighted by Crippen LogP contribution is 2.15. The van der Waals surface area contributed by atoms with E-state index < -0.39 is 0 Å². The Balaban J connectivity index is 2.41. The molecule has 1 amide bonds. The van der Waals surface area contributed by atoms with Crippen LogP contribution in [0.5, 0.6) is 0 Å². The van der Waals surface area contributed by atoms with Crippen LogP contribution in [-0.4, -0.2) is 43.0 Å². The zero-order chi connectivity index (χ0) is 10.6. The summed E-state index contributed by atoms with van der Waals surface area (Å²) in [7, 11) is 0. The number of carbonyl (C=O) groups excluding carboxylic acids is 1. The molecule has 0 aromatic rings. The van der Waals surface area contributed by atoms with E-state index in [1.165, 1.54) is 0 Å². The molecule has 14 heavy (non-hydrogen) atoms. The molecule has 4 heteroatoms. The molecule has 1 aliphatic heterocycles. The van der Waals surface area contributed by atoms with Crippen LogP contribution >= 0.6 is 0 Å². The quantitative estimate of drug-likeness (QED) is 0.661. The van der Waals surface area contributed by atoms with Crippen molar-refractivity contribution in [3.05, 3.63) is 0 Å². The highest BCUT2D eigenvalue weighted by Gasteiger charge is 2.24. The lowest BCUT2D eigenvalue weighted by Gasteiger charge is -2.36. The number of carbonyl (C=O) groups is 1. The number of nitrogens with one attached hydrogen (secondary N) is 1. The van der Waals surface area contributed by atoms with E-state index in [0.717, 1.165) is 26.1 Å². The Bertz CT molecular complexity index is 196. The zero-order valence-electron chi connectivity index (χ0n) is 9.12. The van der Waals surface area contributed by atoms with Gasteiger partial charge >= 0.3 is 0 Å². The molecular weight excluding hydrogens is 178 g/mol. The molecule has 82 valence electrons. The topological polar surface area (TPSA) is 58.4 Å². The van der Waals surface area contributed by atoms with E-state index >= 15 is 0 Å². The highest BCUT2D eigenvalue weighted by molar-refractivity contribution is 5.73. The molecule has 4 nitrogen and oxygen atoms in total. The monoisotopic (exact) mass is 199 g/mol. The average molecular weight is 199 g/mol. The third kappa shape index (κ3) is 3.64. The minimum Gasteiger partial charge on any atom is -0.352 e. The number of hydrogen-bond donors (Lipinski definition) is 2. The van der Waals surface area contributed by atoms with Gasteiger partial charge in [-0.2, -0.15) is 0 Å². The van der Waals surface area contributed by atoms with Crippen LogP contribution in [0, 0.1) is 5.92 Å². The average Bonchev–Trinajstić information content (AvgIpc) is 2.01. The molecule has 1 saturated heterocycles. The maximum atomic E-state index is 10.9. The minimum atomic E-state index is 0.0665. The van der Waals surface area contributed by atoms with Crippen molar-refractivity contribution < 1.29 is 4.79 Å². The first-order valence-electron chi connectivity index (χ1n) is 5.31. The van der Waals surface area contributed by atoms with Crippen LogP contribution in [0.2, 0.25) is 0 Å². The molecule has 1 heterocycles. The van der Waals surface area contributed by atoms with Gasteiger partial charge in [-0.05, 0) is 12.3 Å². The number of nitrogens with zero attached hydrogens (tertiary/aromatic N) is 1. The van der Waals surface area contributed by atoms with E-state index in [0.29, 0.717) is 18.5 Å². The summed E-state index contributed by atoms with van der Waals surface area (Å²) in [5, 5.41) is 2.98. The molecule has 0 aromatic carbocycles. The predicted molar refractivity (Wildman–Crippen MR) is 56.9 cm³/mol. The molecule has 1 aliphatic rings. The van der Waals surface area contributed by atoms with Crippen LogP contribution in [-0.2, 0) is 4.79 Å². The van der Waals surface area contributed by atoms with Crippen molar-refractivity contribution in [2.45, 2.75) is 26.3 Å². The first-order valence-corrected chi connectivity index (χ1v) is 5.31. The van der Waals surface area contributed by atoms with Crippen LogP contribution in [0.1, 0.15) is 20.3 Å².